The highest BCUT2D eigenvalue weighted by Gasteiger charge is 2.33. The molecule has 32 heavy (non-hydrogen) atoms. The SMILES string of the molecule is O=C(CN1CCN(C(=O)COc2ccc(Cl)cc2Cl)CC1)Nc1ccccc1C(F)(F)F. The molecule has 3 rings (SSSR count). The minimum Gasteiger partial charge on any atom is -0.482 e. The van der Waals surface area contributed by atoms with Gasteiger partial charge in [0.2, 0.25) is 5.91 Å². The summed E-state index contributed by atoms with van der Waals surface area (Å²) in [5.74, 6) is -0.444. The fourth-order valence-corrected chi connectivity index (χ4v) is 3.67. The van der Waals surface area contributed by atoms with Crippen molar-refractivity contribution < 1.29 is 27.5 Å². The Kier molecular flexibility index (Phi) is 7.86. The van der Waals surface area contributed by atoms with Gasteiger partial charge in [-0.1, -0.05) is 35.3 Å². The lowest BCUT2D eigenvalue weighted by Crippen LogP contribution is -2.51. The number of anilines is 1. The summed E-state index contributed by atoms with van der Waals surface area (Å²) in [5.41, 5.74) is -1.18. The van der Waals surface area contributed by atoms with E-state index >= 15 is 0 Å². The summed E-state index contributed by atoms with van der Waals surface area (Å²) in [6, 6.07) is 9.51. The van der Waals surface area contributed by atoms with Crippen molar-refractivity contribution in [3.63, 3.8) is 0 Å². The van der Waals surface area contributed by atoms with Crippen molar-refractivity contribution in [1.82, 2.24) is 9.80 Å². The largest absolute Gasteiger partial charge is 0.482 e. The van der Waals surface area contributed by atoms with Gasteiger partial charge in [0.15, 0.2) is 6.61 Å². The average molecular weight is 490 g/mol. The number of alkyl halides is 3. The standard InChI is InChI=1S/C21H20Cl2F3N3O3/c22-14-5-6-18(16(23)11-14)32-13-20(31)29-9-7-28(8-10-29)12-19(30)27-17-4-2-1-3-15(17)21(24,25)26/h1-6,11H,7-10,12-13H2,(H,27,30). The highest BCUT2D eigenvalue weighted by Crippen LogP contribution is 2.34. The number of benzene rings is 2. The van der Waals surface area contributed by atoms with Crippen LogP contribution >= 0.6 is 23.2 Å². The number of nitrogens with zero attached hydrogens (tertiary/aromatic N) is 2. The summed E-state index contributed by atoms with van der Waals surface area (Å²) < 4.78 is 44.6. The van der Waals surface area contributed by atoms with Gasteiger partial charge in [-0.3, -0.25) is 14.5 Å². The van der Waals surface area contributed by atoms with E-state index in [1.807, 2.05) is 0 Å². The van der Waals surface area contributed by atoms with E-state index in [4.69, 9.17) is 27.9 Å². The van der Waals surface area contributed by atoms with E-state index in [0.717, 1.165) is 6.07 Å². The molecule has 2 amide bonds. The summed E-state index contributed by atoms with van der Waals surface area (Å²) in [7, 11) is 0. The zero-order valence-corrected chi connectivity index (χ0v) is 18.3. The average Bonchev–Trinajstić information content (AvgIpc) is 2.73. The van der Waals surface area contributed by atoms with Crippen molar-refractivity contribution in [2.75, 3.05) is 44.6 Å². The van der Waals surface area contributed by atoms with Crippen LogP contribution in [0.3, 0.4) is 0 Å². The molecule has 0 bridgehead atoms. The van der Waals surface area contributed by atoms with Crippen LogP contribution in [0.1, 0.15) is 5.56 Å². The summed E-state index contributed by atoms with van der Waals surface area (Å²) in [5, 5.41) is 3.08. The summed E-state index contributed by atoms with van der Waals surface area (Å²) in [6.45, 7) is 1.26. The number of hydrogen-bond acceptors (Lipinski definition) is 4. The predicted octanol–water partition coefficient (Wildman–Crippen LogP) is 4.17. The van der Waals surface area contributed by atoms with Crippen molar-refractivity contribution in [1.29, 1.82) is 0 Å². The lowest BCUT2D eigenvalue weighted by molar-refractivity contribution is -0.137. The van der Waals surface area contributed by atoms with Gasteiger partial charge in [0, 0.05) is 31.2 Å². The number of hydrogen-bond donors (Lipinski definition) is 1. The van der Waals surface area contributed by atoms with Gasteiger partial charge >= 0.3 is 6.18 Å². The number of piperazine rings is 1. The predicted molar refractivity (Wildman–Crippen MR) is 115 cm³/mol. The van der Waals surface area contributed by atoms with Gasteiger partial charge in [0.25, 0.3) is 5.91 Å². The molecule has 0 aromatic heterocycles. The molecule has 0 spiro atoms. The first-order chi connectivity index (χ1) is 15.1. The Morgan fingerprint density at radius 1 is 1.03 bits per heavy atom. The van der Waals surface area contributed by atoms with Crippen LogP contribution in [0.15, 0.2) is 42.5 Å². The number of carbonyl (C=O) groups excluding carboxylic acids is 2. The maximum absolute atomic E-state index is 13.1. The first-order valence-electron chi connectivity index (χ1n) is 9.67. The molecule has 1 N–H and O–H groups in total. The van der Waals surface area contributed by atoms with Crippen LogP contribution in [-0.2, 0) is 15.8 Å². The fraction of sp³-hybridized carbons (Fsp3) is 0.333. The maximum atomic E-state index is 13.1. The van der Waals surface area contributed by atoms with Crippen LogP contribution < -0.4 is 10.1 Å². The third kappa shape index (κ3) is 6.51. The number of halogens is 5. The Bertz CT molecular complexity index is 980. The monoisotopic (exact) mass is 489 g/mol. The maximum Gasteiger partial charge on any atom is 0.418 e. The molecule has 1 fully saturated rings. The minimum atomic E-state index is -4.56. The van der Waals surface area contributed by atoms with Crippen LogP contribution in [-0.4, -0.2) is 60.9 Å². The second kappa shape index (κ2) is 10.4. The number of carbonyl (C=O) groups is 2. The Hall–Kier alpha value is -2.49. The lowest BCUT2D eigenvalue weighted by Gasteiger charge is -2.34. The number of ether oxygens (including phenoxy) is 1. The van der Waals surface area contributed by atoms with Crippen molar-refractivity contribution in [3.05, 3.63) is 58.1 Å². The van der Waals surface area contributed by atoms with E-state index < -0.39 is 17.6 Å². The molecule has 1 heterocycles. The van der Waals surface area contributed by atoms with Gasteiger partial charge in [0.05, 0.1) is 22.8 Å². The number of nitrogens with one attached hydrogen (secondary N) is 1. The van der Waals surface area contributed by atoms with Crippen molar-refractivity contribution in [2.24, 2.45) is 0 Å². The molecule has 11 heteroatoms. The molecule has 1 aliphatic rings. The van der Waals surface area contributed by atoms with Crippen LogP contribution in [0.4, 0.5) is 18.9 Å². The summed E-state index contributed by atoms with van der Waals surface area (Å²) >= 11 is 11.8. The fourth-order valence-electron chi connectivity index (χ4n) is 3.21. The van der Waals surface area contributed by atoms with E-state index in [1.165, 1.54) is 24.3 Å². The molecule has 0 saturated carbocycles. The van der Waals surface area contributed by atoms with Gasteiger partial charge in [-0.25, -0.2) is 0 Å². The van der Waals surface area contributed by atoms with Crippen molar-refractivity contribution in [2.45, 2.75) is 6.18 Å². The molecule has 6 nitrogen and oxygen atoms in total. The second-order valence-corrected chi connectivity index (χ2v) is 7.96. The minimum absolute atomic E-state index is 0.0783. The molecule has 2 aromatic rings. The van der Waals surface area contributed by atoms with Crippen LogP contribution in [0, 0.1) is 0 Å². The highest BCUT2D eigenvalue weighted by molar-refractivity contribution is 6.35. The third-order valence-electron chi connectivity index (χ3n) is 4.84. The molecule has 1 aliphatic heterocycles. The van der Waals surface area contributed by atoms with Crippen LogP contribution in [0.25, 0.3) is 0 Å². The number of rotatable bonds is 6. The number of para-hydroxylation sites is 1. The summed E-state index contributed by atoms with van der Waals surface area (Å²) in [4.78, 5) is 28.0. The molecule has 172 valence electrons. The number of amides is 2. The molecule has 2 aromatic carbocycles. The second-order valence-electron chi connectivity index (χ2n) is 7.11. The van der Waals surface area contributed by atoms with Crippen molar-refractivity contribution in [3.8, 4) is 5.75 Å². The molecular weight excluding hydrogens is 470 g/mol. The van der Waals surface area contributed by atoms with Crippen LogP contribution in [0.2, 0.25) is 10.0 Å². The molecule has 0 atom stereocenters. The topological polar surface area (TPSA) is 61.9 Å². The Morgan fingerprint density at radius 3 is 2.38 bits per heavy atom. The van der Waals surface area contributed by atoms with E-state index in [-0.39, 0.29) is 24.7 Å². The third-order valence-corrected chi connectivity index (χ3v) is 5.37. The van der Waals surface area contributed by atoms with E-state index in [2.05, 4.69) is 5.32 Å². The highest BCUT2D eigenvalue weighted by atomic mass is 35.5. The summed E-state index contributed by atoms with van der Waals surface area (Å²) in [6.07, 6.45) is -4.56. The zero-order chi connectivity index (χ0) is 23.3. The molecule has 0 aliphatic carbocycles. The quantitative estimate of drug-likeness (QED) is 0.661. The normalized spacial score (nSPS) is 14.8. The Morgan fingerprint density at radius 2 is 1.72 bits per heavy atom. The first-order valence-corrected chi connectivity index (χ1v) is 10.4. The first kappa shape index (κ1) is 24.2. The Balaban J connectivity index is 1.45. The smallest absolute Gasteiger partial charge is 0.418 e. The molecular formula is C21H20Cl2F3N3O3. The Labute approximate surface area is 192 Å². The van der Waals surface area contributed by atoms with E-state index in [9.17, 15) is 22.8 Å². The zero-order valence-electron chi connectivity index (χ0n) is 16.8. The lowest BCUT2D eigenvalue weighted by atomic mass is 10.1. The molecule has 0 radical (unpaired) electrons. The molecule has 0 unspecified atom stereocenters. The van der Waals surface area contributed by atoms with Gasteiger partial charge < -0.3 is 15.0 Å². The van der Waals surface area contributed by atoms with Gasteiger partial charge in [-0.15, -0.1) is 0 Å². The van der Waals surface area contributed by atoms with E-state index in [0.29, 0.717) is 42.0 Å². The molecule has 1 saturated heterocycles. The van der Waals surface area contributed by atoms with Crippen molar-refractivity contribution >= 4 is 40.7 Å². The van der Waals surface area contributed by atoms with Gasteiger partial charge in [-0.2, -0.15) is 13.2 Å². The van der Waals surface area contributed by atoms with Crippen LogP contribution in [0.5, 0.6) is 5.75 Å². The van der Waals surface area contributed by atoms with Gasteiger partial charge in [0.1, 0.15) is 5.75 Å². The van der Waals surface area contributed by atoms with E-state index in [1.54, 1.807) is 21.9 Å². The van der Waals surface area contributed by atoms with Gasteiger partial charge in [-0.05, 0) is 30.3 Å².